The van der Waals surface area contributed by atoms with Crippen molar-refractivity contribution < 1.29 is 110 Å². The van der Waals surface area contributed by atoms with E-state index in [1.807, 2.05) is 149 Å². The summed E-state index contributed by atoms with van der Waals surface area (Å²) in [5.74, 6) is -0.365. The van der Waals surface area contributed by atoms with Crippen LogP contribution in [-0.4, -0.2) is 76.9 Å². The molecule has 0 spiro atoms. The van der Waals surface area contributed by atoms with Crippen molar-refractivity contribution in [1.29, 1.82) is 0 Å². The van der Waals surface area contributed by atoms with Gasteiger partial charge in [-0.3, -0.25) is 38.9 Å². The highest BCUT2D eigenvalue weighted by Crippen LogP contribution is 2.30. The van der Waals surface area contributed by atoms with E-state index < -0.39 is 47.7 Å². The summed E-state index contributed by atoms with van der Waals surface area (Å²) in [5, 5.41) is 19.6. The van der Waals surface area contributed by atoms with E-state index in [1.165, 1.54) is 62.6 Å². The summed E-state index contributed by atoms with van der Waals surface area (Å²) < 4.78 is 152. The molecule has 130 heavy (non-hydrogen) atoms. The summed E-state index contributed by atoms with van der Waals surface area (Å²) in [6, 6.07) is 62.5. The maximum absolute atomic E-state index is 13.8. The fourth-order valence-corrected chi connectivity index (χ4v) is 13.5. The minimum Gasteiger partial charge on any atom is -0.305 e. The van der Waals surface area contributed by atoms with Gasteiger partial charge >= 0.3 is 6.18 Å². The summed E-state index contributed by atoms with van der Waals surface area (Å²) in [6.07, 6.45) is 13.3. The average Bonchev–Trinajstić information content (AvgIpc) is 1.54. The zero-order valence-electron chi connectivity index (χ0n) is 71.6. The smallest absolute Gasteiger partial charge is 0.305 e. The van der Waals surface area contributed by atoms with Crippen LogP contribution in [0.1, 0.15) is 148 Å². The van der Waals surface area contributed by atoms with Gasteiger partial charge < -0.3 is 22.6 Å². The van der Waals surface area contributed by atoms with Crippen LogP contribution in [0.2, 0.25) is 0 Å². The Morgan fingerprint density at radius 1 is 0.308 bits per heavy atom. The average molecular weight is 1790 g/mol. The third kappa shape index (κ3) is 31.8. The molecular formula is C98H95F9N13O10+5. The monoisotopic (exact) mass is 1780 g/mol. The molecule has 670 valence electrons. The van der Waals surface area contributed by atoms with E-state index in [9.17, 15) is 63.5 Å². The molecule has 8 aromatic heterocycles. The number of alkyl halides is 4. The molecule has 0 aliphatic carbocycles. The molecule has 32 heteroatoms. The molecule has 0 saturated heterocycles. The molecule has 0 saturated carbocycles. The molecule has 0 aliphatic rings. The Kier molecular flexibility index (Phi) is 35.7. The van der Waals surface area contributed by atoms with Gasteiger partial charge in [0, 0.05) is 140 Å². The lowest BCUT2D eigenvalue weighted by molar-refractivity contribution is -0.785. The fraction of sp³-hybridized carbons (Fsp3) is 0.265. The maximum atomic E-state index is 13.8. The molecule has 5 atom stereocenters. The highest BCUT2D eigenvalue weighted by Gasteiger charge is 2.32. The Labute approximate surface area is 742 Å². The number of aromatic nitrogens is 13. The van der Waals surface area contributed by atoms with Crippen molar-refractivity contribution in [2.24, 2.45) is 0 Å². The van der Waals surface area contributed by atoms with E-state index in [1.54, 1.807) is 95.3 Å². The lowest BCUT2D eigenvalue weighted by Crippen LogP contribution is -2.43. The third-order valence-corrected chi connectivity index (χ3v) is 20.3. The number of nitrogens with zero attached hydrogens (tertiary/aromatic N) is 13. The SMILES string of the molecule is CC(Cc1ccc(C(F)(F)F)cc1)[n+]1cc(CC(=O)Cc2ccccc2)on1.CC(Cc1ccc(F)cc1)[n+]1cc(CC(=O)Cc2ccccn2)on1.CC(Cc1ccc(F)cc1F)[n+]1cc(CC(=O)Cc2ccccn2)on1.CC(Cc1ccc(F)cc1F)[n+]1cc(CC(=O)Cc2ccccn2)on1.O=C(Cc1ccccc1)Cc1c[n+](C(CF)Cc2ccccc2)no1. The minimum atomic E-state index is -4.34. The van der Waals surface area contributed by atoms with Crippen LogP contribution in [-0.2, 0) is 126 Å². The van der Waals surface area contributed by atoms with Gasteiger partial charge in [0.15, 0.2) is 57.2 Å². The van der Waals surface area contributed by atoms with Crippen molar-refractivity contribution in [2.75, 3.05) is 6.67 Å². The van der Waals surface area contributed by atoms with Crippen molar-refractivity contribution in [3.63, 3.8) is 0 Å². The van der Waals surface area contributed by atoms with E-state index in [0.717, 1.165) is 57.8 Å². The summed E-state index contributed by atoms with van der Waals surface area (Å²) in [7, 11) is 0. The highest BCUT2D eigenvalue weighted by atomic mass is 19.4. The quantitative estimate of drug-likeness (QED) is 0.0261. The predicted octanol–water partition coefficient (Wildman–Crippen LogP) is 15.4. The number of pyridine rings is 3. The van der Waals surface area contributed by atoms with Gasteiger partial charge in [0.25, 0.3) is 0 Å². The second-order valence-electron chi connectivity index (χ2n) is 31.1. The first kappa shape index (κ1) is 96.1. The molecular weight excluding hydrogens is 1690 g/mol. The van der Waals surface area contributed by atoms with E-state index in [0.29, 0.717) is 96.3 Å². The van der Waals surface area contributed by atoms with Crippen molar-refractivity contribution in [3.8, 4) is 0 Å². The normalized spacial score (nSPS) is 12.2. The molecule has 5 unspecified atom stereocenters. The van der Waals surface area contributed by atoms with E-state index in [4.69, 9.17) is 22.6 Å². The Hall–Kier alpha value is -14.6. The molecule has 0 fully saturated rings. The van der Waals surface area contributed by atoms with Crippen LogP contribution in [0.15, 0.2) is 303 Å². The molecule has 0 aliphatic heterocycles. The number of Topliss-reactive ketones (excluding diaryl/α,β-unsaturated/α-hetero) is 5. The van der Waals surface area contributed by atoms with Gasteiger partial charge in [-0.1, -0.05) is 146 Å². The number of rotatable bonds is 36. The topological polar surface area (TPSA) is 274 Å². The van der Waals surface area contributed by atoms with Gasteiger partial charge in [-0.15, -0.1) is 0 Å². The Morgan fingerprint density at radius 2 is 0.592 bits per heavy atom. The number of hydrogen-bond acceptors (Lipinski definition) is 18. The van der Waals surface area contributed by atoms with E-state index >= 15 is 0 Å². The number of halogens is 9. The first-order chi connectivity index (χ1) is 62.7. The molecule has 15 aromatic rings. The van der Waals surface area contributed by atoms with Crippen LogP contribution >= 0.6 is 0 Å². The zero-order valence-corrected chi connectivity index (χ0v) is 71.6. The Balaban J connectivity index is 0.000000157. The number of ketones is 5. The zero-order chi connectivity index (χ0) is 92.3. The largest absolute Gasteiger partial charge is 0.416 e. The molecule has 0 bridgehead atoms. The van der Waals surface area contributed by atoms with Crippen LogP contribution in [0.25, 0.3) is 0 Å². The van der Waals surface area contributed by atoms with Gasteiger partial charge in [0.05, 0.1) is 37.7 Å². The fourth-order valence-electron chi connectivity index (χ4n) is 13.5. The van der Waals surface area contributed by atoms with Crippen molar-refractivity contribution >= 4 is 28.9 Å². The summed E-state index contributed by atoms with van der Waals surface area (Å²) >= 11 is 0. The van der Waals surface area contributed by atoms with Gasteiger partial charge in [-0.05, 0) is 135 Å². The summed E-state index contributed by atoms with van der Waals surface area (Å²) in [5.41, 5.74) is 6.96. The van der Waals surface area contributed by atoms with Crippen LogP contribution in [0.3, 0.4) is 0 Å². The van der Waals surface area contributed by atoms with Gasteiger partial charge in [-0.25, -0.2) is 26.3 Å². The number of benzene rings is 7. The first-order valence-electron chi connectivity index (χ1n) is 41.8. The lowest BCUT2D eigenvalue weighted by Gasteiger charge is -2.08. The highest BCUT2D eigenvalue weighted by molar-refractivity contribution is 5.84. The standard InChI is InChI=1S/C21H20F3N2O2.C20H20FN2O2.2C19H18F2N3O2.C19H19FN3O2/c1-15(11-17-7-9-18(10-8-17)21(22,23)24)26-14-20(28-25-26)13-19(27)12-16-5-3-2-4-6-16;21-14-18(11-16-7-3-1-4-8-16)23-15-20(25-22-23)13-19(24)12-17-9-5-2-6-10-17;2*1-13(8-14-5-6-15(20)9-19(14)21)24-12-18(26-23-24)11-17(25)10-16-4-2-3-7-22-16;1-14(10-15-5-7-16(20)8-6-15)23-13-19(25-22-23)12-18(24)11-17-4-2-3-9-21-17/h2-10,14-15H,11-13H2,1H3;1-10,15,18H,11-14H2;2*2-7,9,12-13H,8,10-11H2,1H3;2-9,13-14H,10-12H2,1H3/q5*+1. The second kappa shape index (κ2) is 48.4. The van der Waals surface area contributed by atoms with E-state index in [-0.39, 0.29) is 110 Å². The molecule has 0 amide bonds. The molecule has 0 N–H and O–H groups in total. The van der Waals surface area contributed by atoms with E-state index in [2.05, 4.69) is 41.3 Å². The maximum Gasteiger partial charge on any atom is 0.416 e. The third-order valence-electron chi connectivity index (χ3n) is 20.3. The van der Waals surface area contributed by atoms with Crippen LogP contribution in [0.5, 0.6) is 0 Å². The Bertz CT molecular complexity index is 5910. The van der Waals surface area contributed by atoms with Gasteiger partial charge in [0.1, 0.15) is 58.0 Å². The lowest BCUT2D eigenvalue weighted by atomic mass is 10.0. The second-order valence-corrected chi connectivity index (χ2v) is 31.1. The molecule has 15 rings (SSSR count). The minimum absolute atomic E-state index is 0.0184. The molecule has 8 heterocycles. The van der Waals surface area contributed by atoms with Crippen LogP contribution in [0.4, 0.5) is 39.5 Å². The van der Waals surface area contributed by atoms with Crippen molar-refractivity contribution in [2.45, 2.75) is 160 Å². The van der Waals surface area contributed by atoms with Crippen LogP contribution < -0.4 is 23.4 Å². The van der Waals surface area contributed by atoms with Crippen molar-refractivity contribution in [3.05, 3.63) is 400 Å². The van der Waals surface area contributed by atoms with Crippen LogP contribution in [0, 0.1) is 29.1 Å². The molecule has 23 nitrogen and oxygen atoms in total. The van der Waals surface area contributed by atoms with Crippen molar-refractivity contribution in [1.82, 2.24) is 41.3 Å². The first-order valence-corrected chi connectivity index (χ1v) is 41.8. The molecule has 7 aromatic carbocycles. The number of hydrogen-bond donors (Lipinski definition) is 0. The molecule has 0 radical (unpaired) electrons. The summed E-state index contributed by atoms with van der Waals surface area (Å²) in [6.45, 7) is 7.00. The Morgan fingerprint density at radius 3 is 0.908 bits per heavy atom. The summed E-state index contributed by atoms with van der Waals surface area (Å²) in [4.78, 5) is 73.0. The number of carbonyl (C=O) groups is 5. The van der Waals surface area contributed by atoms with Gasteiger partial charge in [0.2, 0.25) is 65.8 Å². The number of carbonyl (C=O) groups excluding carboxylic acids is 5. The van der Waals surface area contributed by atoms with Gasteiger partial charge in [-0.2, -0.15) is 13.2 Å². The predicted molar refractivity (Wildman–Crippen MR) is 451 cm³/mol.